The number of carbonyl (C=O) groups is 1. The van der Waals surface area contributed by atoms with Crippen molar-refractivity contribution in [1.82, 2.24) is 0 Å². The van der Waals surface area contributed by atoms with Gasteiger partial charge in [0.2, 0.25) is 0 Å². The average Bonchev–Trinajstić information content (AvgIpc) is 2.46. The van der Waals surface area contributed by atoms with Gasteiger partial charge < -0.3 is 9.47 Å². The summed E-state index contributed by atoms with van der Waals surface area (Å²) in [6.45, 7) is 3.84. The summed E-state index contributed by atoms with van der Waals surface area (Å²) in [5.41, 5.74) is 0.434. The molecule has 0 aromatic heterocycles. The molecule has 0 heterocycles. The number of methoxy groups -OCH3 is 1. The lowest BCUT2D eigenvalue weighted by Gasteiger charge is -2.10. The first-order valence-electron chi connectivity index (χ1n) is 6.66. The summed E-state index contributed by atoms with van der Waals surface area (Å²) in [5, 5.41) is 0. The summed E-state index contributed by atoms with van der Waals surface area (Å²) in [5.74, 6) is 0.0922. The maximum absolute atomic E-state index is 13.9. The second kappa shape index (κ2) is 6.39. The van der Waals surface area contributed by atoms with Crippen LogP contribution in [0.2, 0.25) is 0 Å². The van der Waals surface area contributed by atoms with E-state index in [0.29, 0.717) is 17.1 Å². The standard InChI is InChI=1S/C17H17FO3/c1-11(2)21-13-6-4-12(5-7-13)17(19)15-9-8-14(20-3)10-16(15)18/h4-11H,1-3H3. The molecule has 0 spiro atoms. The van der Waals surface area contributed by atoms with Gasteiger partial charge in [-0.05, 0) is 50.2 Å². The summed E-state index contributed by atoms with van der Waals surface area (Å²) < 4.78 is 24.3. The van der Waals surface area contributed by atoms with Gasteiger partial charge in [-0.3, -0.25) is 4.79 Å². The van der Waals surface area contributed by atoms with Crippen LogP contribution < -0.4 is 9.47 Å². The number of carbonyl (C=O) groups excluding carboxylic acids is 1. The van der Waals surface area contributed by atoms with E-state index in [1.807, 2.05) is 13.8 Å². The fourth-order valence-electron chi connectivity index (χ4n) is 1.92. The van der Waals surface area contributed by atoms with Crippen LogP contribution in [0.4, 0.5) is 4.39 Å². The van der Waals surface area contributed by atoms with E-state index in [1.54, 1.807) is 30.3 Å². The molecule has 0 N–H and O–H groups in total. The number of hydrogen-bond donors (Lipinski definition) is 0. The van der Waals surface area contributed by atoms with Gasteiger partial charge in [0.25, 0.3) is 0 Å². The molecule has 0 atom stereocenters. The maximum Gasteiger partial charge on any atom is 0.195 e. The second-order valence-electron chi connectivity index (χ2n) is 4.87. The van der Waals surface area contributed by atoms with Gasteiger partial charge in [0, 0.05) is 11.6 Å². The van der Waals surface area contributed by atoms with Crippen molar-refractivity contribution in [2.45, 2.75) is 20.0 Å². The molecule has 0 radical (unpaired) electrons. The van der Waals surface area contributed by atoms with Crippen LogP contribution in [0, 0.1) is 5.82 Å². The first kappa shape index (κ1) is 15.0. The van der Waals surface area contributed by atoms with Crippen molar-refractivity contribution in [2.75, 3.05) is 7.11 Å². The summed E-state index contributed by atoms with van der Waals surface area (Å²) in [7, 11) is 1.45. The SMILES string of the molecule is COc1ccc(C(=O)c2ccc(OC(C)C)cc2)c(F)c1. The third kappa shape index (κ3) is 3.60. The molecular formula is C17H17FO3. The van der Waals surface area contributed by atoms with Crippen LogP contribution >= 0.6 is 0 Å². The zero-order chi connectivity index (χ0) is 15.4. The first-order valence-corrected chi connectivity index (χ1v) is 6.66. The van der Waals surface area contributed by atoms with Crippen molar-refractivity contribution in [3.8, 4) is 11.5 Å². The fraction of sp³-hybridized carbons (Fsp3) is 0.235. The van der Waals surface area contributed by atoms with Crippen molar-refractivity contribution >= 4 is 5.78 Å². The molecule has 0 amide bonds. The van der Waals surface area contributed by atoms with E-state index >= 15 is 0 Å². The van der Waals surface area contributed by atoms with Gasteiger partial charge in [0.1, 0.15) is 17.3 Å². The Morgan fingerprint density at radius 1 is 1.05 bits per heavy atom. The molecule has 2 aromatic carbocycles. The Balaban J connectivity index is 2.23. The van der Waals surface area contributed by atoms with E-state index < -0.39 is 5.82 Å². The predicted octanol–water partition coefficient (Wildman–Crippen LogP) is 3.85. The lowest BCUT2D eigenvalue weighted by atomic mass is 10.0. The third-order valence-corrected chi connectivity index (χ3v) is 2.91. The monoisotopic (exact) mass is 288 g/mol. The quantitative estimate of drug-likeness (QED) is 0.784. The smallest absolute Gasteiger partial charge is 0.195 e. The van der Waals surface area contributed by atoms with Crippen molar-refractivity contribution < 1.29 is 18.7 Å². The number of benzene rings is 2. The van der Waals surface area contributed by atoms with Gasteiger partial charge in [0.05, 0.1) is 18.8 Å². The minimum absolute atomic E-state index is 0.0216. The van der Waals surface area contributed by atoms with Crippen molar-refractivity contribution in [3.05, 3.63) is 59.4 Å². The average molecular weight is 288 g/mol. The Labute approximate surface area is 123 Å². The van der Waals surface area contributed by atoms with Gasteiger partial charge >= 0.3 is 0 Å². The van der Waals surface area contributed by atoms with E-state index in [1.165, 1.54) is 19.2 Å². The number of halogens is 1. The molecule has 3 nitrogen and oxygen atoms in total. The molecular weight excluding hydrogens is 271 g/mol. The van der Waals surface area contributed by atoms with Gasteiger partial charge in [-0.1, -0.05) is 0 Å². The van der Waals surface area contributed by atoms with Crippen LogP contribution in [-0.2, 0) is 0 Å². The fourth-order valence-corrected chi connectivity index (χ4v) is 1.92. The van der Waals surface area contributed by atoms with E-state index in [9.17, 15) is 9.18 Å². The zero-order valence-electron chi connectivity index (χ0n) is 12.2. The Morgan fingerprint density at radius 3 is 2.19 bits per heavy atom. The van der Waals surface area contributed by atoms with E-state index in [2.05, 4.69) is 0 Å². The van der Waals surface area contributed by atoms with Crippen LogP contribution in [0.25, 0.3) is 0 Å². The Morgan fingerprint density at radius 2 is 1.67 bits per heavy atom. The van der Waals surface area contributed by atoms with Gasteiger partial charge in [-0.15, -0.1) is 0 Å². The number of ketones is 1. The van der Waals surface area contributed by atoms with E-state index in [4.69, 9.17) is 9.47 Å². The highest BCUT2D eigenvalue weighted by atomic mass is 19.1. The molecule has 2 rings (SSSR count). The summed E-state index contributed by atoms with van der Waals surface area (Å²) in [4.78, 5) is 12.3. The molecule has 0 fully saturated rings. The van der Waals surface area contributed by atoms with Crippen LogP contribution in [0.5, 0.6) is 11.5 Å². The lowest BCUT2D eigenvalue weighted by Crippen LogP contribution is -2.07. The highest BCUT2D eigenvalue weighted by molar-refractivity contribution is 6.09. The Kier molecular flexibility index (Phi) is 4.58. The van der Waals surface area contributed by atoms with Gasteiger partial charge in [0.15, 0.2) is 5.78 Å². The van der Waals surface area contributed by atoms with Crippen molar-refractivity contribution in [1.29, 1.82) is 0 Å². The Hall–Kier alpha value is -2.36. The molecule has 0 saturated carbocycles. The summed E-state index contributed by atoms with van der Waals surface area (Å²) in [6, 6.07) is 10.8. The number of rotatable bonds is 5. The molecule has 0 aliphatic rings. The van der Waals surface area contributed by atoms with Crippen LogP contribution in [-0.4, -0.2) is 19.0 Å². The highest BCUT2D eigenvalue weighted by Gasteiger charge is 2.15. The summed E-state index contributed by atoms with van der Waals surface area (Å²) in [6.07, 6.45) is 0.0607. The Bertz CT molecular complexity index is 633. The van der Waals surface area contributed by atoms with Crippen LogP contribution in [0.15, 0.2) is 42.5 Å². The minimum Gasteiger partial charge on any atom is -0.497 e. The third-order valence-electron chi connectivity index (χ3n) is 2.91. The van der Waals surface area contributed by atoms with E-state index in [-0.39, 0.29) is 17.5 Å². The number of ether oxygens (including phenoxy) is 2. The largest absolute Gasteiger partial charge is 0.497 e. The van der Waals surface area contributed by atoms with E-state index in [0.717, 1.165) is 0 Å². The molecule has 0 saturated heterocycles. The maximum atomic E-state index is 13.9. The summed E-state index contributed by atoms with van der Waals surface area (Å²) >= 11 is 0. The van der Waals surface area contributed by atoms with Gasteiger partial charge in [-0.25, -0.2) is 4.39 Å². The van der Waals surface area contributed by atoms with Crippen molar-refractivity contribution in [3.63, 3.8) is 0 Å². The lowest BCUT2D eigenvalue weighted by molar-refractivity contribution is 0.103. The predicted molar refractivity (Wildman–Crippen MR) is 78.6 cm³/mol. The van der Waals surface area contributed by atoms with Crippen molar-refractivity contribution in [2.24, 2.45) is 0 Å². The first-order chi connectivity index (χ1) is 10.0. The van der Waals surface area contributed by atoms with Gasteiger partial charge in [-0.2, -0.15) is 0 Å². The molecule has 0 aliphatic carbocycles. The molecule has 2 aromatic rings. The molecule has 4 heteroatoms. The molecule has 0 unspecified atom stereocenters. The van der Waals surface area contributed by atoms with Crippen LogP contribution in [0.1, 0.15) is 29.8 Å². The highest BCUT2D eigenvalue weighted by Crippen LogP contribution is 2.21. The molecule has 0 bridgehead atoms. The minimum atomic E-state index is -0.596. The normalized spacial score (nSPS) is 10.5. The molecule has 21 heavy (non-hydrogen) atoms. The number of hydrogen-bond acceptors (Lipinski definition) is 3. The topological polar surface area (TPSA) is 35.5 Å². The molecule has 0 aliphatic heterocycles. The molecule has 110 valence electrons. The second-order valence-corrected chi connectivity index (χ2v) is 4.87. The zero-order valence-corrected chi connectivity index (χ0v) is 12.2. The van der Waals surface area contributed by atoms with Crippen LogP contribution in [0.3, 0.4) is 0 Å².